The lowest BCUT2D eigenvalue weighted by Gasteiger charge is -2.24. The number of amides is 3. The normalized spacial score (nSPS) is 18.4. The Morgan fingerprint density at radius 2 is 2.40 bits per heavy atom. The lowest BCUT2D eigenvalue weighted by atomic mass is 10.4. The van der Waals surface area contributed by atoms with Crippen molar-refractivity contribution in [1.82, 2.24) is 10.2 Å². The van der Waals surface area contributed by atoms with Crippen molar-refractivity contribution in [2.24, 2.45) is 5.73 Å². The van der Waals surface area contributed by atoms with E-state index < -0.39 is 6.03 Å². The maximum Gasteiger partial charge on any atom is 0.315 e. The van der Waals surface area contributed by atoms with Gasteiger partial charge in [0.25, 0.3) is 0 Å². The van der Waals surface area contributed by atoms with Crippen LogP contribution in [0.2, 0.25) is 0 Å². The summed E-state index contributed by atoms with van der Waals surface area (Å²) in [7, 11) is 0. The van der Waals surface area contributed by atoms with Crippen molar-refractivity contribution in [2.75, 3.05) is 19.6 Å². The molecule has 3 amide bonds. The van der Waals surface area contributed by atoms with Crippen LogP contribution in [-0.4, -0.2) is 36.5 Å². The summed E-state index contributed by atoms with van der Waals surface area (Å²) < 4.78 is 0. The second-order valence-electron chi connectivity index (χ2n) is 2.11. The van der Waals surface area contributed by atoms with E-state index in [2.05, 4.69) is 5.32 Å². The van der Waals surface area contributed by atoms with Crippen LogP contribution in [0.25, 0.3) is 0 Å². The Morgan fingerprint density at radius 1 is 1.70 bits per heavy atom. The van der Waals surface area contributed by atoms with Gasteiger partial charge < -0.3 is 16.0 Å². The number of nitrogens with zero attached hydrogens (tertiary/aromatic N) is 1. The number of primary amides is 1. The van der Waals surface area contributed by atoms with Crippen LogP contribution in [0.1, 0.15) is 0 Å². The van der Waals surface area contributed by atoms with Crippen molar-refractivity contribution in [3.63, 3.8) is 0 Å². The summed E-state index contributed by atoms with van der Waals surface area (Å²) >= 11 is 0. The first-order chi connectivity index (χ1) is 4.70. The first-order valence-corrected chi connectivity index (χ1v) is 3.01. The van der Waals surface area contributed by atoms with Crippen LogP contribution >= 0.6 is 0 Å². The van der Waals surface area contributed by atoms with Gasteiger partial charge in [-0.2, -0.15) is 0 Å². The molecule has 0 atom stereocenters. The summed E-state index contributed by atoms with van der Waals surface area (Å²) in [5.74, 6) is -0.148. The van der Waals surface area contributed by atoms with Crippen molar-refractivity contribution < 1.29 is 9.59 Å². The Morgan fingerprint density at radius 3 is 2.80 bits per heavy atom. The second kappa shape index (κ2) is 2.55. The molecule has 0 saturated carbocycles. The van der Waals surface area contributed by atoms with Gasteiger partial charge in [-0.25, -0.2) is 4.79 Å². The van der Waals surface area contributed by atoms with E-state index in [1.54, 1.807) is 0 Å². The predicted molar refractivity (Wildman–Crippen MR) is 34.2 cm³/mol. The van der Waals surface area contributed by atoms with Crippen LogP contribution in [0, 0.1) is 0 Å². The molecule has 1 aliphatic heterocycles. The summed E-state index contributed by atoms with van der Waals surface area (Å²) in [6.07, 6.45) is 0. The third-order valence-electron chi connectivity index (χ3n) is 1.35. The molecule has 3 N–H and O–H groups in total. The van der Waals surface area contributed by atoms with Crippen LogP contribution in [-0.2, 0) is 4.79 Å². The molecule has 0 radical (unpaired) electrons. The molecule has 5 nitrogen and oxygen atoms in total. The first-order valence-electron chi connectivity index (χ1n) is 3.01. The fourth-order valence-corrected chi connectivity index (χ4v) is 0.827. The lowest BCUT2D eigenvalue weighted by molar-refractivity contribution is -0.123. The minimum atomic E-state index is -0.533. The number of carbonyl (C=O) groups excluding carboxylic acids is 2. The van der Waals surface area contributed by atoms with E-state index in [0.717, 1.165) is 0 Å². The van der Waals surface area contributed by atoms with Crippen molar-refractivity contribution in [3.05, 3.63) is 0 Å². The molecule has 0 aliphatic carbocycles. The summed E-state index contributed by atoms with van der Waals surface area (Å²) in [5, 5.41) is 2.58. The molecule has 0 aromatic carbocycles. The highest BCUT2D eigenvalue weighted by molar-refractivity contribution is 5.84. The van der Waals surface area contributed by atoms with E-state index in [9.17, 15) is 9.59 Å². The molecule has 0 aromatic rings. The summed E-state index contributed by atoms with van der Waals surface area (Å²) in [4.78, 5) is 22.4. The molecule has 1 fully saturated rings. The van der Waals surface area contributed by atoms with Crippen LogP contribution in [0.3, 0.4) is 0 Å². The maximum absolute atomic E-state index is 10.6. The van der Waals surface area contributed by atoms with Crippen LogP contribution in [0.5, 0.6) is 0 Å². The van der Waals surface area contributed by atoms with Crippen molar-refractivity contribution in [3.8, 4) is 0 Å². The van der Waals surface area contributed by atoms with Gasteiger partial charge in [-0.1, -0.05) is 0 Å². The molecule has 5 heteroatoms. The monoisotopic (exact) mass is 143 g/mol. The average molecular weight is 143 g/mol. The van der Waals surface area contributed by atoms with Gasteiger partial charge in [0.05, 0.1) is 0 Å². The highest BCUT2D eigenvalue weighted by Crippen LogP contribution is 1.90. The number of hydrogen-bond donors (Lipinski definition) is 2. The minimum absolute atomic E-state index is 0.0926. The molecule has 56 valence electrons. The zero-order chi connectivity index (χ0) is 7.56. The number of nitrogens with two attached hydrogens (primary N) is 1. The summed E-state index contributed by atoms with van der Waals surface area (Å²) in [5.41, 5.74) is 4.94. The molecule has 1 aliphatic rings. The predicted octanol–water partition coefficient (Wildman–Crippen LogP) is -1.50. The second-order valence-corrected chi connectivity index (χ2v) is 2.11. The number of nitrogens with one attached hydrogen (secondary N) is 1. The Balaban J connectivity index is 2.47. The molecule has 1 rings (SSSR count). The molecular weight excluding hydrogens is 134 g/mol. The quantitative estimate of drug-likeness (QED) is 0.433. The third kappa shape index (κ3) is 1.37. The number of urea groups is 1. The molecule has 0 spiro atoms. The van der Waals surface area contributed by atoms with E-state index in [1.165, 1.54) is 4.90 Å². The lowest BCUT2D eigenvalue weighted by Crippen LogP contribution is -2.51. The van der Waals surface area contributed by atoms with Crippen LogP contribution in [0.4, 0.5) is 4.79 Å². The van der Waals surface area contributed by atoms with Gasteiger partial charge in [0, 0.05) is 13.1 Å². The van der Waals surface area contributed by atoms with Gasteiger partial charge >= 0.3 is 6.03 Å². The SMILES string of the molecule is NC(=O)N1CCNC(=O)C1. The molecule has 1 heterocycles. The molecule has 0 aromatic heterocycles. The topological polar surface area (TPSA) is 75.4 Å². The fraction of sp³-hybridized carbons (Fsp3) is 0.600. The fourth-order valence-electron chi connectivity index (χ4n) is 0.827. The van der Waals surface area contributed by atoms with Crippen molar-refractivity contribution in [2.45, 2.75) is 0 Å². The minimum Gasteiger partial charge on any atom is -0.353 e. The van der Waals surface area contributed by atoms with Gasteiger partial charge in [0.1, 0.15) is 6.54 Å². The standard InChI is InChI=1S/C5H9N3O2/c6-5(10)8-2-1-7-4(9)3-8/h1-3H2,(H2,6,10)(H,7,9). The Bertz CT molecular complexity index is 166. The van der Waals surface area contributed by atoms with Gasteiger partial charge in [-0.3, -0.25) is 4.79 Å². The number of carbonyl (C=O) groups is 2. The van der Waals surface area contributed by atoms with E-state index in [4.69, 9.17) is 5.73 Å². The highest BCUT2D eigenvalue weighted by atomic mass is 16.2. The molecular formula is C5H9N3O2. The van der Waals surface area contributed by atoms with Gasteiger partial charge in [-0.05, 0) is 0 Å². The Hall–Kier alpha value is -1.26. The van der Waals surface area contributed by atoms with Crippen LogP contribution < -0.4 is 11.1 Å². The van der Waals surface area contributed by atoms with Gasteiger partial charge in [0.15, 0.2) is 0 Å². The zero-order valence-electron chi connectivity index (χ0n) is 5.46. The van der Waals surface area contributed by atoms with E-state index in [1.807, 2.05) is 0 Å². The number of hydrogen-bond acceptors (Lipinski definition) is 2. The van der Waals surface area contributed by atoms with E-state index in [-0.39, 0.29) is 12.5 Å². The number of piperazine rings is 1. The van der Waals surface area contributed by atoms with Crippen molar-refractivity contribution in [1.29, 1.82) is 0 Å². The number of rotatable bonds is 0. The third-order valence-corrected chi connectivity index (χ3v) is 1.35. The molecule has 0 bridgehead atoms. The van der Waals surface area contributed by atoms with Gasteiger partial charge in [0.2, 0.25) is 5.91 Å². The van der Waals surface area contributed by atoms with Gasteiger partial charge in [-0.15, -0.1) is 0 Å². The van der Waals surface area contributed by atoms with Crippen molar-refractivity contribution >= 4 is 11.9 Å². The summed E-state index contributed by atoms with van der Waals surface area (Å²) in [6.45, 7) is 1.11. The smallest absolute Gasteiger partial charge is 0.315 e. The highest BCUT2D eigenvalue weighted by Gasteiger charge is 2.17. The van der Waals surface area contributed by atoms with Crippen LogP contribution in [0.15, 0.2) is 0 Å². The Labute approximate surface area is 58.2 Å². The Kier molecular flexibility index (Phi) is 1.75. The molecule has 0 unspecified atom stereocenters. The first kappa shape index (κ1) is 6.85. The average Bonchev–Trinajstić information content (AvgIpc) is 1.88. The zero-order valence-corrected chi connectivity index (χ0v) is 5.46. The largest absolute Gasteiger partial charge is 0.353 e. The van der Waals surface area contributed by atoms with E-state index >= 15 is 0 Å². The molecule has 10 heavy (non-hydrogen) atoms. The summed E-state index contributed by atoms with van der Waals surface area (Å²) in [6, 6.07) is -0.533. The maximum atomic E-state index is 10.6. The molecule has 1 saturated heterocycles. The van der Waals surface area contributed by atoms with E-state index in [0.29, 0.717) is 13.1 Å².